The van der Waals surface area contributed by atoms with Gasteiger partial charge in [-0.25, -0.2) is 4.98 Å². The fourth-order valence-electron chi connectivity index (χ4n) is 2.29. The van der Waals surface area contributed by atoms with E-state index >= 15 is 0 Å². The molecule has 0 radical (unpaired) electrons. The Hall–Kier alpha value is -2.38. The smallest absolute Gasteiger partial charge is 0.236 e. The molecule has 0 aliphatic carbocycles. The maximum atomic E-state index is 5.79. The molecule has 0 aliphatic rings. The van der Waals surface area contributed by atoms with Crippen LogP contribution in [0, 0.1) is 6.92 Å². The molecule has 120 valence electrons. The zero-order valence-corrected chi connectivity index (χ0v) is 14.5. The average molecular weight is 354 g/mol. The number of aryl methyl sites for hydroxylation is 1. The summed E-state index contributed by atoms with van der Waals surface area (Å²) in [6.07, 6.45) is 1.73. The number of rotatable bonds is 5. The zero-order valence-electron chi connectivity index (χ0n) is 12.9. The number of nitrogens with zero attached hydrogens (tertiary/aromatic N) is 4. The molecule has 0 saturated carbocycles. The zero-order chi connectivity index (χ0) is 16.4. The number of para-hydroxylation sites is 1. The van der Waals surface area contributed by atoms with Gasteiger partial charge in [-0.15, -0.1) is 21.5 Å². The van der Waals surface area contributed by atoms with E-state index in [1.165, 1.54) is 0 Å². The van der Waals surface area contributed by atoms with E-state index in [1.54, 1.807) is 29.4 Å². The highest BCUT2D eigenvalue weighted by molar-refractivity contribution is 7.98. The molecule has 1 aromatic carbocycles. The van der Waals surface area contributed by atoms with Crippen LogP contribution in [0.1, 0.15) is 11.5 Å². The van der Waals surface area contributed by atoms with Crippen LogP contribution in [0.2, 0.25) is 0 Å². The van der Waals surface area contributed by atoms with Gasteiger partial charge >= 0.3 is 0 Å². The molecule has 0 saturated heterocycles. The molecular formula is C17H14N4OS2. The van der Waals surface area contributed by atoms with Crippen molar-refractivity contribution in [3.63, 3.8) is 0 Å². The molecule has 0 atom stereocenters. The summed E-state index contributed by atoms with van der Waals surface area (Å²) in [6, 6.07) is 14.1. The van der Waals surface area contributed by atoms with Gasteiger partial charge in [0.15, 0.2) is 5.16 Å². The maximum absolute atomic E-state index is 5.79. The Balaban J connectivity index is 1.53. The van der Waals surface area contributed by atoms with Gasteiger partial charge in [-0.05, 0) is 30.5 Å². The third kappa shape index (κ3) is 3.00. The number of thiophene rings is 1. The monoisotopic (exact) mass is 354 g/mol. The third-order valence-electron chi connectivity index (χ3n) is 3.51. The first-order valence-electron chi connectivity index (χ1n) is 7.39. The fourth-order valence-corrected chi connectivity index (χ4v) is 3.87. The van der Waals surface area contributed by atoms with E-state index in [9.17, 15) is 0 Å². The number of thioether (sulfide) groups is 1. The largest absolute Gasteiger partial charge is 0.440 e. The molecule has 0 fully saturated rings. The van der Waals surface area contributed by atoms with Crippen LogP contribution in [0.25, 0.3) is 16.5 Å². The van der Waals surface area contributed by atoms with Crippen molar-refractivity contribution >= 4 is 23.1 Å². The molecule has 0 N–H and O–H groups in total. The highest BCUT2D eigenvalue weighted by atomic mass is 32.2. The van der Waals surface area contributed by atoms with E-state index in [0.717, 1.165) is 27.2 Å². The van der Waals surface area contributed by atoms with Crippen LogP contribution in [0.3, 0.4) is 0 Å². The Morgan fingerprint density at radius 1 is 1.17 bits per heavy atom. The first-order chi connectivity index (χ1) is 11.8. The molecule has 0 spiro atoms. The van der Waals surface area contributed by atoms with Gasteiger partial charge in [-0.1, -0.05) is 36.0 Å². The Kier molecular flexibility index (Phi) is 4.18. The van der Waals surface area contributed by atoms with Crippen LogP contribution in [-0.4, -0.2) is 19.7 Å². The van der Waals surface area contributed by atoms with Crippen molar-refractivity contribution in [2.75, 3.05) is 0 Å². The topological polar surface area (TPSA) is 56.7 Å². The van der Waals surface area contributed by atoms with Gasteiger partial charge in [-0.3, -0.25) is 4.57 Å². The molecule has 0 aliphatic heterocycles. The molecule has 4 rings (SSSR count). The Morgan fingerprint density at radius 3 is 2.83 bits per heavy atom. The quantitative estimate of drug-likeness (QED) is 0.491. The Bertz CT molecular complexity index is 929. The van der Waals surface area contributed by atoms with Crippen LogP contribution < -0.4 is 0 Å². The van der Waals surface area contributed by atoms with E-state index in [4.69, 9.17) is 4.42 Å². The fraction of sp³-hybridized carbons (Fsp3) is 0.118. The lowest BCUT2D eigenvalue weighted by molar-refractivity contribution is 0.542. The summed E-state index contributed by atoms with van der Waals surface area (Å²) in [7, 11) is 0. The lowest BCUT2D eigenvalue weighted by Crippen LogP contribution is -1.95. The first-order valence-corrected chi connectivity index (χ1v) is 9.26. The average Bonchev–Trinajstić information content (AvgIpc) is 3.35. The third-order valence-corrected chi connectivity index (χ3v) is 5.33. The minimum absolute atomic E-state index is 0.683. The van der Waals surface area contributed by atoms with Crippen LogP contribution in [-0.2, 0) is 5.75 Å². The van der Waals surface area contributed by atoms with Gasteiger partial charge in [0, 0.05) is 11.4 Å². The number of benzene rings is 1. The summed E-state index contributed by atoms with van der Waals surface area (Å²) < 4.78 is 7.76. The number of aromatic nitrogens is 4. The molecule has 24 heavy (non-hydrogen) atoms. The van der Waals surface area contributed by atoms with Crippen molar-refractivity contribution in [1.82, 2.24) is 19.7 Å². The molecule has 0 unspecified atom stereocenters. The van der Waals surface area contributed by atoms with E-state index in [0.29, 0.717) is 11.6 Å². The van der Waals surface area contributed by atoms with Crippen LogP contribution in [0.4, 0.5) is 0 Å². The molecule has 4 aromatic rings. The molecule has 3 aromatic heterocycles. The Labute approximate surface area is 147 Å². The predicted octanol–water partition coefficient (Wildman–Crippen LogP) is 4.58. The second-order valence-electron chi connectivity index (χ2n) is 5.11. The summed E-state index contributed by atoms with van der Waals surface area (Å²) in [5.74, 6) is 2.21. The van der Waals surface area contributed by atoms with Gasteiger partial charge in [0.2, 0.25) is 5.89 Å². The van der Waals surface area contributed by atoms with Crippen molar-refractivity contribution in [1.29, 1.82) is 0 Å². The maximum Gasteiger partial charge on any atom is 0.236 e. The van der Waals surface area contributed by atoms with Crippen molar-refractivity contribution in [2.45, 2.75) is 17.8 Å². The molecule has 0 amide bonds. The highest BCUT2D eigenvalue weighted by Crippen LogP contribution is 2.29. The normalized spacial score (nSPS) is 11.0. The summed E-state index contributed by atoms with van der Waals surface area (Å²) in [5, 5.41) is 11.1. The minimum Gasteiger partial charge on any atom is -0.440 e. The van der Waals surface area contributed by atoms with Gasteiger partial charge < -0.3 is 4.42 Å². The standard InChI is InChI=1S/C17H14N4OS2/c1-12-14(19-16(22-12)15-8-5-9-23-15)10-24-17-20-18-11-21(17)13-6-3-2-4-7-13/h2-9,11H,10H2,1H3. The highest BCUT2D eigenvalue weighted by Gasteiger charge is 2.14. The van der Waals surface area contributed by atoms with Crippen LogP contribution in [0.5, 0.6) is 0 Å². The van der Waals surface area contributed by atoms with E-state index in [1.807, 2.05) is 59.3 Å². The van der Waals surface area contributed by atoms with E-state index < -0.39 is 0 Å². The lowest BCUT2D eigenvalue weighted by Gasteiger charge is -2.05. The van der Waals surface area contributed by atoms with Gasteiger partial charge in [-0.2, -0.15) is 0 Å². The van der Waals surface area contributed by atoms with E-state index in [2.05, 4.69) is 15.2 Å². The first kappa shape index (κ1) is 15.2. The number of oxazole rings is 1. The second kappa shape index (κ2) is 6.62. The molecule has 3 heterocycles. The van der Waals surface area contributed by atoms with Gasteiger partial charge in [0.25, 0.3) is 0 Å². The van der Waals surface area contributed by atoms with Crippen LogP contribution >= 0.6 is 23.1 Å². The number of hydrogen-bond donors (Lipinski definition) is 0. The molecule has 0 bridgehead atoms. The van der Waals surface area contributed by atoms with Crippen molar-refractivity contribution in [3.05, 3.63) is 65.6 Å². The Morgan fingerprint density at radius 2 is 2.04 bits per heavy atom. The SMILES string of the molecule is Cc1oc(-c2cccs2)nc1CSc1nncn1-c1ccccc1. The molecular weight excluding hydrogens is 340 g/mol. The summed E-state index contributed by atoms with van der Waals surface area (Å²) in [4.78, 5) is 5.66. The molecule has 7 heteroatoms. The predicted molar refractivity (Wildman–Crippen MR) is 95.5 cm³/mol. The van der Waals surface area contributed by atoms with Crippen molar-refractivity contribution in [3.8, 4) is 16.5 Å². The molecule has 5 nitrogen and oxygen atoms in total. The minimum atomic E-state index is 0.683. The summed E-state index contributed by atoms with van der Waals surface area (Å²) in [6.45, 7) is 1.95. The van der Waals surface area contributed by atoms with Crippen molar-refractivity contribution in [2.24, 2.45) is 0 Å². The summed E-state index contributed by atoms with van der Waals surface area (Å²) >= 11 is 3.22. The second-order valence-corrected chi connectivity index (χ2v) is 7.00. The lowest BCUT2D eigenvalue weighted by atomic mass is 10.3. The van der Waals surface area contributed by atoms with Gasteiger partial charge in [0.1, 0.15) is 12.1 Å². The van der Waals surface area contributed by atoms with Crippen molar-refractivity contribution < 1.29 is 4.42 Å². The van der Waals surface area contributed by atoms with Crippen LogP contribution in [0.15, 0.2) is 63.7 Å². The number of hydrogen-bond acceptors (Lipinski definition) is 6. The summed E-state index contributed by atoms with van der Waals surface area (Å²) in [5.41, 5.74) is 1.98. The van der Waals surface area contributed by atoms with E-state index in [-0.39, 0.29) is 0 Å². The van der Waals surface area contributed by atoms with Gasteiger partial charge in [0.05, 0.1) is 10.6 Å².